The third kappa shape index (κ3) is 3.16. The summed E-state index contributed by atoms with van der Waals surface area (Å²) in [4.78, 5) is 4.04. The van der Waals surface area contributed by atoms with Gasteiger partial charge in [-0.3, -0.25) is 4.98 Å². The van der Waals surface area contributed by atoms with Crippen LogP contribution in [0.1, 0.15) is 38.4 Å². The van der Waals surface area contributed by atoms with Crippen molar-refractivity contribution in [1.29, 1.82) is 0 Å². The monoisotopic (exact) mass is 238 g/mol. The van der Waals surface area contributed by atoms with E-state index in [1.54, 1.807) is 18.5 Å². The van der Waals surface area contributed by atoms with Gasteiger partial charge in [0.25, 0.3) is 0 Å². The highest BCUT2D eigenvalue weighted by Gasteiger charge is 2.26. The molecular weight excluding hydrogens is 219 g/mol. The van der Waals surface area contributed by atoms with Crippen molar-refractivity contribution < 1.29 is 9.13 Å². The average molecular weight is 238 g/mol. The average Bonchev–Trinajstić information content (AvgIpc) is 2.81. The second-order valence-electron chi connectivity index (χ2n) is 4.73. The fourth-order valence-corrected chi connectivity index (χ4v) is 2.12. The number of hydrogen-bond acceptors (Lipinski definition) is 3. The Hall–Kier alpha value is -1.16. The van der Waals surface area contributed by atoms with E-state index in [1.165, 1.54) is 0 Å². The smallest absolute Gasteiger partial charge is 0.142 e. The molecule has 0 aliphatic carbocycles. The minimum atomic E-state index is -0.999. The van der Waals surface area contributed by atoms with Crippen molar-refractivity contribution in [3.63, 3.8) is 0 Å². The molecule has 2 rings (SSSR count). The van der Waals surface area contributed by atoms with Crippen molar-refractivity contribution >= 4 is 0 Å². The molecule has 94 valence electrons. The lowest BCUT2D eigenvalue weighted by Crippen LogP contribution is -2.26. The Morgan fingerprint density at radius 1 is 1.47 bits per heavy atom. The van der Waals surface area contributed by atoms with E-state index in [0.717, 1.165) is 19.4 Å². The van der Waals surface area contributed by atoms with Crippen LogP contribution in [-0.4, -0.2) is 23.7 Å². The lowest BCUT2D eigenvalue weighted by Gasteiger charge is -2.17. The summed E-state index contributed by atoms with van der Waals surface area (Å²) in [7, 11) is 0. The van der Waals surface area contributed by atoms with Gasteiger partial charge in [0, 0.05) is 17.8 Å². The molecule has 1 N–H and O–H groups in total. The molecule has 17 heavy (non-hydrogen) atoms. The van der Waals surface area contributed by atoms with Gasteiger partial charge in [-0.25, -0.2) is 4.39 Å². The zero-order valence-electron chi connectivity index (χ0n) is 10.3. The molecule has 0 bridgehead atoms. The van der Waals surface area contributed by atoms with Crippen LogP contribution >= 0.6 is 0 Å². The number of nitrogens with zero attached hydrogens (tertiary/aromatic N) is 1. The molecule has 1 aliphatic rings. The van der Waals surface area contributed by atoms with Crippen LogP contribution in [0.4, 0.5) is 4.39 Å². The Bertz CT molecular complexity index is 364. The molecule has 4 heteroatoms. The summed E-state index contributed by atoms with van der Waals surface area (Å²) in [5, 5.41) is 3.17. The van der Waals surface area contributed by atoms with E-state index in [2.05, 4.69) is 10.3 Å². The zero-order chi connectivity index (χ0) is 12.3. The molecule has 2 unspecified atom stereocenters. The SMILES string of the molecule is CC(C)Oc1cncc(C(F)C2CCCN2)c1. The second-order valence-corrected chi connectivity index (χ2v) is 4.73. The van der Waals surface area contributed by atoms with Crippen LogP contribution in [0, 0.1) is 0 Å². The van der Waals surface area contributed by atoms with E-state index < -0.39 is 6.17 Å². The van der Waals surface area contributed by atoms with E-state index in [0.29, 0.717) is 11.3 Å². The summed E-state index contributed by atoms with van der Waals surface area (Å²) in [6.45, 7) is 4.79. The van der Waals surface area contributed by atoms with E-state index in [4.69, 9.17) is 4.74 Å². The molecule has 1 fully saturated rings. The van der Waals surface area contributed by atoms with Crippen LogP contribution in [0.3, 0.4) is 0 Å². The minimum absolute atomic E-state index is 0.0777. The first-order valence-corrected chi connectivity index (χ1v) is 6.16. The normalized spacial score (nSPS) is 21.8. The van der Waals surface area contributed by atoms with Crippen molar-refractivity contribution in [2.45, 2.75) is 45.0 Å². The van der Waals surface area contributed by atoms with Crippen LogP contribution in [0.2, 0.25) is 0 Å². The molecule has 0 aromatic carbocycles. The minimum Gasteiger partial charge on any atom is -0.489 e. The largest absolute Gasteiger partial charge is 0.489 e. The molecule has 2 atom stereocenters. The third-order valence-electron chi connectivity index (χ3n) is 2.88. The summed E-state index contributed by atoms with van der Waals surface area (Å²) in [5.74, 6) is 0.637. The molecule has 1 aromatic rings. The number of nitrogens with one attached hydrogen (secondary N) is 1. The predicted molar refractivity (Wildman–Crippen MR) is 64.9 cm³/mol. The quantitative estimate of drug-likeness (QED) is 0.875. The molecule has 0 spiro atoms. The molecular formula is C13H19FN2O. The molecule has 1 aliphatic heterocycles. The van der Waals surface area contributed by atoms with Gasteiger partial charge in [-0.2, -0.15) is 0 Å². The van der Waals surface area contributed by atoms with Crippen molar-refractivity contribution in [3.05, 3.63) is 24.0 Å². The summed E-state index contributed by atoms with van der Waals surface area (Å²) in [6.07, 6.45) is 4.21. The molecule has 1 aromatic heterocycles. The number of aromatic nitrogens is 1. The summed E-state index contributed by atoms with van der Waals surface area (Å²) >= 11 is 0. The highest BCUT2D eigenvalue weighted by atomic mass is 19.1. The highest BCUT2D eigenvalue weighted by molar-refractivity contribution is 5.26. The third-order valence-corrected chi connectivity index (χ3v) is 2.88. The molecule has 2 heterocycles. The zero-order valence-corrected chi connectivity index (χ0v) is 10.3. The summed E-state index contributed by atoms with van der Waals surface area (Å²) in [5.41, 5.74) is 0.600. The number of rotatable bonds is 4. The lowest BCUT2D eigenvalue weighted by molar-refractivity contribution is 0.237. The maximum absolute atomic E-state index is 14.2. The Kier molecular flexibility index (Phi) is 3.94. The fourth-order valence-electron chi connectivity index (χ4n) is 2.12. The maximum atomic E-state index is 14.2. The van der Waals surface area contributed by atoms with Crippen LogP contribution in [0.25, 0.3) is 0 Å². The van der Waals surface area contributed by atoms with Gasteiger partial charge in [0.1, 0.15) is 11.9 Å². The Balaban J connectivity index is 2.09. The standard InChI is InChI=1S/C13H19FN2O/c1-9(2)17-11-6-10(7-15-8-11)13(14)12-4-3-5-16-12/h6-9,12-13,16H,3-5H2,1-2H3. The maximum Gasteiger partial charge on any atom is 0.142 e. The van der Waals surface area contributed by atoms with Gasteiger partial charge in [-0.15, -0.1) is 0 Å². The van der Waals surface area contributed by atoms with Crippen LogP contribution in [0.5, 0.6) is 5.75 Å². The molecule has 1 saturated heterocycles. The Labute approximate surface area is 101 Å². The van der Waals surface area contributed by atoms with E-state index >= 15 is 0 Å². The first-order chi connectivity index (χ1) is 8.16. The molecule has 3 nitrogen and oxygen atoms in total. The molecule has 0 saturated carbocycles. The van der Waals surface area contributed by atoms with Gasteiger partial charge >= 0.3 is 0 Å². The predicted octanol–water partition coefficient (Wildman–Crippen LogP) is 2.63. The topological polar surface area (TPSA) is 34.1 Å². The first kappa shape index (κ1) is 12.3. The van der Waals surface area contributed by atoms with Crippen LogP contribution in [-0.2, 0) is 0 Å². The molecule has 0 amide bonds. The van der Waals surface area contributed by atoms with Crippen LogP contribution < -0.4 is 10.1 Å². The number of alkyl halides is 1. The van der Waals surface area contributed by atoms with Crippen molar-refractivity contribution in [2.75, 3.05) is 6.54 Å². The summed E-state index contributed by atoms with van der Waals surface area (Å²) in [6, 6.07) is 1.67. The summed E-state index contributed by atoms with van der Waals surface area (Å²) < 4.78 is 19.7. The highest BCUT2D eigenvalue weighted by Crippen LogP contribution is 2.28. The van der Waals surface area contributed by atoms with Gasteiger partial charge in [0.05, 0.1) is 12.3 Å². The van der Waals surface area contributed by atoms with E-state index in [9.17, 15) is 4.39 Å². The van der Waals surface area contributed by atoms with E-state index in [-0.39, 0.29) is 12.1 Å². The first-order valence-electron chi connectivity index (χ1n) is 6.16. The molecule has 0 radical (unpaired) electrons. The fraction of sp³-hybridized carbons (Fsp3) is 0.615. The van der Waals surface area contributed by atoms with Crippen molar-refractivity contribution in [3.8, 4) is 5.75 Å². The second kappa shape index (κ2) is 5.45. The Morgan fingerprint density at radius 3 is 2.94 bits per heavy atom. The number of halogens is 1. The van der Waals surface area contributed by atoms with Crippen LogP contribution in [0.15, 0.2) is 18.5 Å². The van der Waals surface area contributed by atoms with E-state index in [1.807, 2.05) is 13.8 Å². The van der Waals surface area contributed by atoms with Gasteiger partial charge in [-0.1, -0.05) is 0 Å². The van der Waals surface area contributed by atoms with Gasteiger partial charge < -0.3 is 10.1 Å². The lowest BCUT2D eigenvalue weighted by atomic mass is 10.0. The van der Waals surface area contributed by atoms with Gasteiger partial charge in [-0.05, 0) is 39.3 Å². The number of hydrogen-bond donors (Lipinski definition) is 1. The van der Waals surface area contributed by atoms with Crippen molar-refractivity contribution in [2.24, 2.45) is 0 Å². The Morgan fingerprint density at radius 2 is 2.29 bits per heavy atom. The number of ether oxygens (including phenoxy) is 1. The number of pyridine rings is 1. The van der Waals surface area contributed by atoms with Gasteiger partial charge in [0.2, 0.25) is 0 Å². The van der Waals surface area contributed by atoms with Gasteiger partial charge in [0.15, 0.2) is 0 Å². The van der Waals surface area contributed by atoms with Crippen molar-refractivity contribution in [1.82, 2.24) is 10.3 Å².